The van der Waals surface area contributed by atoms with Crippen LogP contribution in [0.1, 0.15) is 24.0 Å². The maximum Gasteiger partial charge on any atom is 0.147 e. The van der Waals surface area contributed by atoms with Crippen LogP contribution in [0.25, 0.3) is 11.3 Å². The van der Waals surface area contributed by atoms with Gasteiger partial charge in [0.1, 0.15) is 29.6 Å². The highest BCUT2D eigenvalue weighted by molar-refractivity contribution is 6.36. The molecule has 1 aliphatic heterocycles. The van der Waals surface area contributed by atoms with E-state index in [1.807, 2.05) is 12.1 Å². The van der Waals surface area contributed by atoms with Gasteiger partial charge in [0, 0.05) is 29.7 Å². The van der Waals surface area contributed by atoms with E-state index in [2.05, 4.69) is 21.3 Å². The van der Waals surface area contributed by atoms with Gasteiger partial charge in [-0.2, -0.15) is 10.5 Å². The highest BCUT2D eigenvalue weighted by Crippen LogP contribution is 2.32. The largest absolute Gasteiger partial charge is 0.383 e. The molecule has 1 atom stereocenters. The summed E-state index contributed by atoms with van der Waals surface area (Å²) in [5.41, 5.74) is 8.12. The van der Waals surface area contributed by atoms with Crippen molar-refractivity contribution >= 4 is 40.7 Å². The lowest BCUT2D eigenvalue weighted by Gasteiger charge is -2.34. The standard InChI is InChI=1S/C23H19Cl2N7/c24-16-5-6-18(19(25)10-16)20-7-3-15(12-27)23(30-20)32-9-1-2-17(13-32)29-21-8-4-14(11-26)22(28)31-21/h3-8,10,17H,1-2,9,13H2,(H3,28,29,31). The first-order chi connectivity index (χ1) is 15.5. The molecule has 0 radical (unpaired) electrons. The van der Waals surface area contributed by atoms with Gasteiger partial charge in [0.2, 0.25) is 0 Å². The Morgan fingerprint density at radius 3 is 2.53 bits per heavy atom. The average Bonchev–Trinajstić information content (AvgIpc) is 2.79. The molecule has 1 fully saturated rings. The van der Waals surface area contributed by atoms with Gasteiger partial charge in [0.25, 0.3) is 0 Å². The molecular formula is C23H19Cl2N7. The van der Waals surface area contributed by atoms with E-state index in [-0.39, 0.29) is 11.9 Å². The number of nitrogens with one attached hydrogen (secondary N) is 1. The number of nitrogens with zero attached hydrogens (tertiary/aromatic N) is 5. The molecule has 4 rings (SSSR count). The van der Waals surface area contributed by atoms with Crippen molar-refractivity contribution in [2.24, 2.45) is 0 Å². The number of nitriles is 2. The van der Waals surface area contributed by atoms with Crippen LogP contribution >= 0.6 is 23.2 Å². The fourth-order valence-corrected chi connectivity index (χ4v) is 4.28. The molecule has 0 bridgehead atoms. The van der Waals surface area contributed by atoms with Gasteiger partial charge >= 0.3 is 0 Å². The Morgan fingerprint density at radius 1 is 1.03 bits per heavy atom. The third-order valence-electron chi connectivity index (χ3n) is 5.32. The molecule has 3 N–H and O–H groups in total. The van der Waals surface area contributed by atoms with Crippen molar-refractivity contribution in [3.8, 4) is 23.4 Å². The Kier molecular flexibility index (Phi) is 6.32. The van der Waals surface area contributed by atoms with Crippen LogP contribution in [0.2, 0.25) is 10.0 Å². The number of nitrogens with two attached hydrogens (primary N) is 1. The summed E-state index contributed by atoms with van der Waals surface area (Å²) in [5.74, 6) is 1.43. The lowest BCUT2D eigenvalue weighted by molar-refractivity contribution is 0.525. The molecule has 32 heavy (non-hydrogen) atoms. The van der Waals surface area contributed by atoms with Gasteiger partial charge in [-0.25, -0.2) is 9.97 Å². The number of rotatable bonds is 4. The third-order valence-corrected chi connectivity index (χ3v) is 5.87. The fourth-order valence-electron chi connectivity index (χ4n) is 3.77. The van der Waals surface area contributed by atoms with Crippen molar-refractivity contribution in [3.63, 3.8) is 0 Å². The number of aromatic nitrogens is 2. The van der Waals surface area contributed by atoms with E-state index in [1.54, 1.807) is 36.4 Å². The van der Waals surface area contributed by atoms with Crippen LogP contribution < -0.4 is 16.0 Å². The molecule has 7 nitrogen and oxygen atoms in total. The van der Waals surface area contributed by atoms with Crippen LogP contribution in [0.15, 0.2) is 42.5 Å². The summed E-state index contributed by atoms with van der Waals surface area (Å²) in [6, 6.07) is 16.6. The Labute approximate surface area is 196 Å². The molecule has 1 unspecified atom stereocenters. The number of nitrogen functional groups attached to an aromatic ring is 1. The minimum atomic E-state index is 0.0831. The predicted octanol–water partition coefficient (Wildman–Crippen LogP) is 4.86. The topological polar surface area (TPSA) is 115 Å². The summed E-state index contributed by atoms with van der Waals surface area (Å²) >= 11 is 12.4. The summed E-state index contributed by atoms with van der Waals surface area (Å²) in [7, 11) is 0. The highest BCUT2D eigenvalue weighted by atomic mass is 35.5. The number of piperidine rings is 1. The second-order valence-corrected chi connectivity index (χ2v) is 8.32. The number of hydrogen-bond donors (Lipinski definition) is 2. The number of benzene rings is 1. The predicted molar refractivity (Wildman–Crippen MR) is 127 cm³/mol. The molecule has 160 valence electrons. The SMILES string of the molecule is N#Cc1ccc(NC2CCCN(c3nc(-c4ccc(Cl)cc4Cl)ccc3C#N)C2)nc1N. The number of halogens is 2. The Morgan fingerprint density at radius 2 is 1.81 bits per heavy atom. The van der Waals surface area contributed by atoms with Gasteiger partial charge in [-0.3, -0.25) is 0 Å². The summed E-state index contributed by atoms with van der Waals surface area (Å²) < 4.78 is 0. The van der Waals surface area contributed by atoms with Crippen LogP contribution in [-0.2, 0) is 0 Å². The molecule has 3 aromatic rings. The van der Waals surface area contributed by atoms with Crippen LogP contribution in [0.4, 0.5) is 17.5 Å². The smallest absolute Gasteiger partial charge is 0.147 e. The molecule has 3 heterocycles. The van der Waals surface area contributed by atoms with Crippen LogP contribution in [0, 0.1) is 22.7 Å². The van der Waals surface area contributed by atoms with E-state index in [1.165, 1.54) is 0 Å². The van der Waals surface area contributed by atoms with E-state index in [0.29, 0.717) is 45.0 Å². The molecule has 9 heteroatoms. The zero-order chi connectivity index (χ0) is 22.7. The van der Waals surface area contributed by atoms with Crippen LogP contribution in [0.5, 0.6) is 0 Å². The first-order valence-corrected chi connectivity index (χ1v) is 10.8. The van der Waals surface area contributed by atoms with Gasteiger partial charge in [-0.05, 0) is 55.3 Å². The number of hydrogen-bond acceptors (Lipinski definition) is 7. The van der Waals surface area contributed by atoms with Gasteiger partial charge in [0.15, 0.2) is 0 Å². The maximum atomic E-state index is 9.66. The van der Waals surface area contributed by atoms with Crippen LogP contribution in [0.3, 0.4) is 0 Å². The Hall–Kier alpha value is -3.52. The quantitative estimate of drug-likeness (QED) is 0.567. The monoisotopic (exact) mass is 463 g/mol. The molecule has 0 amide bonds. The Bertz CT molecular complexity index is 1250. The summed E-state index contributed by atoms with van der Waals surface area (Å²) in [6.45, 7) is 1.42. The van der Waals surface area contributed by atoms with Gasteiger partial charge in [0.05, 0.1) is 21.8 Å². The normalized spacial score (nSPS) is 15.6. The highest BCUT2D eigenvalue weighted by Gasteiger charge is 2.24. The van der Waals surface area contributed by atoms with E-state index >= 15 is 0 Å². The lowest BCUT2D eigenvalue weighted by atomic mass is 10.0. The number of pyridine rings is 2. The molecule has 1 saturated heterocycles. The molecule has 0 saturated carbocycles. The number of anilines is 3. The molecule has 1 aromatic carbocycles. The zero-order valence-corrected chi connectivity index (χ0v) is 18.5. The Balaban J connectivity index is 1.59. The summed E-state index contributed by atoms with van der Waals surface area (Å²) in [5, 5.41) is 23.1. The van der Waals surface area contributed by atoms with Gasteiger partial charge in [-0.1, -0.05) is 23.2 Å². The molecule has 1 aliphatic rings. The maximum absolute atomic E-state index is 9.66. The van der Waals surface area contributed by atoms with E-state index in [9.17, 15) is 5.26 Å². The minimum absolute atomic E-state index is 0.0831. The van der Waals surface area contributed by atoms with Crippen molar-refractivity contribution in [1.29, 1.82) is 10.5 Å². The zero-order valence-electron chi connectivity index (χ0n) is 17.0. The van der Waals surface area contributed by atoms with Crippen molar-refractivity contribution < 1.29 is 0 Å². The lowest BCUT2D eigenvalue weighted by Crippen LogP contribution is -2.43. The van der Waals surface area contributed by atoms with Crippen molar-refractivity contribution in [2.45, 2.75) is 18.9 Å². The van der Waals surface area contributed by atoms with Crippen molar-refractivity contribution in [1.82, 2.24) is 9.97 Å². The first-order valence-electron chi connectivity index (χ1n) is 10.0. The minimum Gasteiger partial charge on any atom is -0.383 e. The molecule has 0 aliphatic carbocycles. The average molecular weight is 464 g/mol. The van der Waals surface area contributed by atoms with Gasteiger partial charge in [-0.15, -0.1) is 0 Å². The fraction of sp³-hybridized carbons (Fsp3) is 0.217. The van der Waals surface area contributed by atoms with E-state index < -0.39 is 0 Å². The van der Waals surface area contributed by atoms with Crippen LogP contribution in [-0.4, -0.2) is 29.1 Å². The van der Waals surface area contributed by atoms with E-state index in [0.717, 1.165) is 24.9 Å². The van der Waals surface area contributed by atoms with Crippen molar-refractivity contribution in [3.05, 3.63) is 63.6 Å². The first kappa shape index (κ1) is 21.7. The molecule has 0 spiro atoms. The van der Waals surface area contributed by atoms with Crippen molar-refractivity contribution in [2.75, 3.05) is 29.0 Å². The molecule has 2 aromatic heterocycles. The third kappa shape index (κ3) is 4.55. The van der Waals surface area contributed by atoms with E-state index in [4.69, 9.17) is 39.2 Å². The van der Waals surface area contributed by atoms with Gasteiger partial charge < -0.3 is 16.0 Å². The summed E-state index contributed by atoms with van der Waals surface area (Å²) in [4.78, 5) is 11.2. The second kappa shape index (κ2) is 9.32. The molecular weight excluding hydrogens is 445 g/mol. The second-order valence-electron chi connectivity index (χ2n) is 7.47. The summed E-state index contributed by atoms with van der Waals surface area (Å²) in [6.07, 6.45) is 1.85.